The Labute approximate surface area is 189 Å². The van der Waals surface area contributed by atoms with Crippen molar-refractivity contribution in [3.05, 3.63) is 81.8 Å². The van der Waals surface area contributed by atoms with Crippen LogP contribution in [0.25, 0.3) is 0 Å². The molecule has 3 aromatic rings. The minimum atomic E-state index is -4.84. The van der Waals surface area contributed by atoms with E-state index in [9.17, 15) is 22.8 Å². The minimum Gasteiger partial charge on any atom is -0.478 e. The lowest BCUT2D eigenvalue weighted by molar-refractivity contribution is -0.274. The zero-order valence-electron chi connectivity index (χ0n) is 15.7. The van der Waals surface area contributed by atoms with Crippen LogP contribution >= 0.6 is 23.2 Å². The topological polar surface area (TPSA) is 84.9 Å². The molecule has 0 aliphatic carbocycles. The Hall–Kier alpha value is -3.43. The largest absolute Gasteiger partial charge is 0.573 e. The first-order valence-corrected chi connectivity index (χ1v) is 9.45. The molecular formula is C21H12Cl2F3NO5. The molecule has 32 heavy (non-hydrogen) atoms. The predicted octanol–water partition coefficient (Wildman–Crippen LogP) is 6.63. The van der Waals surface area contributed by atoms with Crippen LogP contribution in [0.1, 0.15) is 20.7 Å². The van der Waals surface area contributed by atoms with Crippen molar-refractivity contribution < 1.29 is 37.3 Å². The van der Waals surface area contributed by atoms with Crippen LogP contribution in [0.5, 0.6) is 17.2 Å². The van der Waals surface area contributed by atoms with E-state index in [-0.39, 0.29) is 38.4 Å². The van der Waals surface area contributed by atoms with Crippen LogP contribution in [0, 0.1) is 0 Å². The molecule has 0 aromatic heterocycles. The van der Waals surface area contributed by atoms with Gasteiger partial charge in [-0.1, -0.05) is 29.3 Å². The van der Waals surface area contributed by atoms with Crippen molar-refractivity contribution in [2.75, 3.05) is 5.32 Å². The van der Waals surface area contributed by atoms with Crippen molar-refractivity contribution in [1.29, 1.82) is 0 Å². The van der Waals surface area contributed by atoms with E-state index < -0.39 is 24.0 Å². The first kappa shape index (κ1) is 23.2. The average Bonchev–Trinajstić information content (AvgIpc) is 2.71. The number of nitrogens with one attached hydrogen (secondary N) is 1. The van der Waals surface area contributed by atoms with E-state index in [4.69, 9.17) is 33.0 Å². The van der Waals surface area contributed by atoms with E-state index in [0.717, 1.165) is 12.1 Å². The first-order chi connectivity index (χ1) is 15.0. The Morgan fingerprint density at radius 2 is 1.53 bits per heavy atom. The molecule has 0 radical (unpaired) electrons. The molecule has 0 heterocycles. The molecule has 0 unspecified atom stereocenters. The number of carboxylic acids is 1. The van der Waals surface area contributed by atoms with Crippen LogP contribution in [0.3, 0.4) is 0 Å². The lowest BCUT2D eigenvalue weighted by atomic mass is 10.1. The Morgan fingerprint density at radius 1 is 0.906 bits per heavy atom. The van der Waals surface area contributed by atoms with Gasteiger partial charge in [-0.3, -0.25) is 4.79 Å². The van der Waals surface area contributed by atoms with Crippen LogP contribution in [0.4, 0.5) is 18.9 Å². The number of rotatable bonds is 6. The van der Waals surface area contributed by atoms with Gasteiger partial charge in [0.2, 0.25) is 0 Å². The molecule has 3 rings (SSSR count). The Kier molecular flexibility index (Phi) is 6.81. The van der Waals surface area contributed by atoms with E-state index in [1.165, 1.54) is 48.5 Å². The number of halogens is 5. The smallest absolute Gasteiger partial charge is 0.478 e. The number of aromatic carboxylic acids is 1. The molecule has 2 N–H and O–H groups in total. The Bertz CT molecular complexity index is 1170. The molecule has 0 saturated carbocycles. The zero-order chi connectivity index (χ0) is 23.5. The third kappa shape index (κ3) is 6.05. The van der Waals surface area contributed by atoms with Gasteiger partial charge in [0.25, 0.3) is 5.91 Å². The molecular weight excluding hydrogens is 474 g/mol. The molecule has 11 heteroatoms. The Morgan fingerprint density at radius 3 is 2.16 bits per heavy atom. The summed E-state index contributed by atoms with van der Waals surface area (Å²) in [4.78, 5) is 23.9. The molecule has 6 nitrogen and oxygen atoms in total. The third-order valence-corrected chi connectivity index (χ3v) is 4.64. The van der Waals surface area contributed by atoms with Crippen LogP contribution < -0.4 is 14.8 Å². The third-order valence-electron chi connectivity index (χ3n) is 3.92. The molecule has 0 aliphatic heterocycles. The normalized spacial score (nSPS) is 11.0. The van der Waals surface area contributed by atoms with Gasteiger partial charge >= 0.3 is 12.3 Å². The quantitative estimate of drug-likeness (QED) is 0.409. The highest BCUT2D eigenvalue weighted by atomic mass is 35.5. The fourth-order valence-electron chi connectivity index (χ4n) is 2.56. The molecule has 1 amide bonds. The Balaban J connectivity index is 1.86. The van der Waals surface area contributed by atoms with Gasteiger partial charge in [-0.15, -0.1) is 13.2 Å². The molecule has 0 spiro atoms. The summed E-state index contributed by atoms with van der Waals surface area (Å²) in [5.41, 5.74) is 0.130. The highest BCUT2D eigenvalue weighted by Crippen LogP contribution is 2.35. The molecule has 0 atom stereocenters. The summed E-state index contributed by atoms with van der Waals surface area (Å²) in [6.07, 6.45) is -4.84. The van der Waals surface area contributed by atoms with E-state index in [0.29, 0.717) is 0 Å². The SMILES string of the molecule is O=C(O)c1cccc(NC(=O)c2cc(Cl)c(Cl)cc2Oc2ccc(OC(F)(F)F)cc2)c1. The first-order valence-electron chi connectivity index (χ1n) is 8.69. The second-order valence-corrected chi connectivity index (χ2v) is 7.04. The van der Waals surface area contributed by atoms with Crippen molar-refractivity contribution in [1.82, 2.24) is 0 Å². The number of carboxylic acid groups (broad SMARTS) is 1. The van der Waals surface area contributed by atoms with E-state index in [1.54, 1.807) is 0 Å². The fourth-order valence-corrected chi connectivity index (χ4v) is 2.87. The number of amides is 1. The number of alkyl halides is 3. The lowest BCUT2D eigenvalue weighted by Crippen LogP contribution is -2.17. The number of anilines is 1. The van der Waals surface area contributed by atoms with Gasteiger partial charge in [-0.2, -0.15) is 0 Å². The summed E-state index contributed by atoms with van der Waals surface area (Å²) < 4.78 is 46.3. The number of hydrogen-bond acceptors (Lipinski definition) is 4. The van der Waals surface area contributed by atoms with Crippen molar-refractivity contribution in [3.8, 4) is 17.2 Å². The summed E-state index contributed by atoms with van der Waals surface area (Å²) in [6.45, 7) is 0. The van der Waals surface area contributed by atoms with Crippen molar-refractivity contribution >= 4 is 40.8 Å². The second-order valence-electron chi connectivity index (χ2n) is 6.22. The number of ether oxygens (including phenoxy) is 2. The van der Waals surface area contributed by atoms with Crippen LogP contribution in [-0.2, 0) is 0 Å². The molecule has 0 saturated heterocycles. The maximum atomic E-state index is 12.8. The van der Waals surface area contributed by atoms with Crippen LogP contribution in [-0.4, -0.2) is 23.3 Å². The zero-order valence-corrected chi connectivity index (χ0v) is 17.3. The van der Waals surface area contributed by atoms with Gasteiger partial charge in [0.1, 0.15) is 17.2 Å². The summed E-state index contributed by atoms with van der Waals surface area (Å²) >= 11 is 12.0. The molecule has 3 aromatic carbocycles. The number of carbonyl (C=O) groups is 2. The standard InChI is InChI=1S/C21H12Cl2F3NO5/c22-16-9-15(19(28)27-12-3-1-2-11(8-12)20(29)30)18(10-17(16)23)31-13-4-6-14(7-5-13)32-21(24,25)26/h1-10H,(H,27,28)(H,29,30). The lowest BCUT2D eigenvalue weighted by Gasteiger charge is -2.14. The van der Waals surface area contributed by atoms with Gasteiger partial charge in [-0.05, 0) is 48.5 Å². The van der Waals surface area contributed by atoms with Gasteiger partial charge in [0, 0.05) is 11.8 Å². The fraction of sp³-hybridized carbons (Fsp3) is 0.0476. The van der Waals surface area contributed by atoms with Crippen molar-refractivity contribution in [2.45, 2.75) is 6.36 Å². The summed E-state index contributed by atoms with van der Waals surface area (Å²) in [5.74, 6) is -2.23. The summed E-state index contributed by atoms with van der Waals surface area (Å²) in [6, 6.07) is 12.6. The number of benzene rings is 3. The van der Waals surface area contributed by atoms with Crippen LogP contribution in [0.15, 0.2) is 60.7 Å². The highest BCUT2D eigenvalue weighted by molar-refractivity contribution is 6.42. The van der Waals surface area contributed by atoms with Gasteiger partial charge in [0.05, 0.1) is 21.2 Å². The van der Waals surface area contributed by atoms with Gasteiger partial charge < -0.3 is 19.9 Å². The van der Waals surface area contributed by atoms with Crippen molar-refractivity contribution in [3.63, 3.8) is 0 Å². The molecule has 0 fully saturated rings. The maximum Gasteiger partial charge on any atom is 0.573 e. The van der Waals surface area contributed by atoms with Crippen molar-refractivity contribution in [2.24, 2.45) is 0 Å². The molecule has 0 aliphatic rings. The monoisotopic (exact) mass is 485 g/mol. The van der Waals surface area contributed by atoms with Gasteiger partial charge in [0.15, 0.2) is 0 Å². The number of carbonyl (C=O) groups excluding carboxylic acids is 1. The molecule has 0 bridgehead atoms. The minimum absolute atomic E-state index is 0.0317. The maximum absolute atomic E-state index is 12.8. The van der Waals surface area contributed by atoms with E-state index in [1.807, 2.05) is 0 Å². The molecule has 166 valence electrons. The second kappa shape index (κ2) is 9.37. The highest BCUT2D eigenvalue weighted by Gasteiger charge is 2.31. The van der Waals surface area contributed by atoms with E-state index >= 15 is 0 Å². The predicted molar refractivity (Wildman–Crippen MR) is 111 cm³/mol. The average molecular weight is 486 g/mol. The summed E-state index contributed by atoms with van der Waals surface area (Å²) in [5, 5.41) is 11.7. The van der Waals surface area contributed by atoms with Crippen LogP contribution in [0.2, 0.25) is 10.0 Å². The summed E-state index contributed by atoms with van der Waals surface area (Å²) in [7, 11) is 0. The van der Waals surface area contributed by atoms with Gasteiger partial charge in [-0.25, -0.2) is 4.79 Å². The van der Waals surface area contributed by atoms with E-state index in [2.05, 4.69) is 10.1 Å². The number of hydrogen-bond donors (Lipinski definition) is 2.